The van der Waals surface area contributed by atoms with Crippen LogP contribution in [0.2, 0.25) is 0 Å². The summed E-state index contributed by atoms with van der Waals surface area (Å²) in [6, 6.07) is 26.5. The minimum atomic E-state index is -2.54. The van der Waals surface area contributed by atoms with Crippen molar-refractivity contribution in [3.8, 4) is 0 Å². The summed E-state index contributed by atoms with van der Waals surface area (Å²) < 4.78 is 35.3. The van der Waals surface area contributed by atoms with Gasteiger partial charge in [0, 0.05) is 11.8 Å². The second kappa shape index (κ2) is 12.5. The molecule has 222 valence electrons. The van der Waals surface area contributed by atoms with Gasteiger partial charge in [-0.1, -0.05) is 77.2 Å². The van der Waals surface area contributed by atoms with Gasteiger partial charge in [-0.25, -0.2) is 23.9 Å². The van der Waals surface area contributed by atoms with Crippen molar-refractivity contribution in [1.29, 1.82) is 0 Å². The first-order valence-electron chi connectivity index (χ1n) is 13.5. The molecule has 6 rings (SSSR count). The normalized spacial score (nSPS) is 21.1. The lowest BCUT2D eigenvalue weighted by atomic mass is 10.1. The maximum Gasteiger partial charge on any atom is 0.338 e. The topological polar surface area (TPSA) is 122 Å². The van der Waals surface area contributed by atoms with Crippen molar-refractivity contribution in [2.24, 2.45) is 0 Å². The quantitative estimate of drug-likeness (QED) is 0.123. The Kier molecular flexibility index (Phi) is 8.35. The third-order valence-electron chi connectivity index (χ3n) is 7.05. The second-order valence-electron chi connectivity index (χ2n) is 9.86. The zero-order valence-corrected chi connectivity index (χ0v) is 25.0. The lowest BCUT2D eigenvalue weighted by Crippen LogP contribution is -2.45. The highest BCUT2D eigenvalue weighted by atomic mass is 127. The van der Waals surface area contributed by atoms with E-state index < -0.39 is 36.2 Å². The van der Waals surface area contributed by atoms with Gasteiger partial charge in [-0.05, 0) is 42.5 Å². The molecule has 5 aromatic rings. The lowest BCUT2D eigenvalue weighted by molar-refractivity contribution is -0.168. The number of benzene rings is 3. The number of ether oxygens (including phenoxy) is 3. The lowest BCUT2D eigenvalue weighted by Gasteiger charge is -2.26. The fourth-order valence-electron chi connectivity index (χ4n) is 4.90. The Morgan fingerprint density at radius 1 is 0.841 bits per heavy atom. The molecule has 0 saturated carbocycles. The Bertz CT molecular complexity index is 1810. The molecule has 1 aliphatic heterocycles. The number of nitrogens with one attached hydrogen (secondary N) is 1. The van der Waals surface area contributed by atoms with Gasteiger partial charge in [-0.15, -0.1) is 0 Å². The summed E-state index contributed by atoms with van der Waals surface area (Å²) in [6.45, 7) is 0. The highest BCUT2D eigenvalue weighted by Crippen LogP contribution is 2.45. The van der Waals surface area contributed by atoms with E-state index in [0.717, 1.165) is 0 Å². The van der Waals surface area contributed by atoms with Gasteiger partial charge in [0.1, 0.15) is 17.8 Å². The molecule has 3 aromatic carbocycles. The van der Waals surface area contributed by atoms with E-state index in [-0.39, 0.29) is 32.9 Å². The molecule has 1 fully saturated rings. The first-order valence-corrected chi connectivity index (χ1v) is 15.0. The van der Waals surface area contributed by atoms with Crippen molar-refractivity contribution in [1.82, 2.24) is 14.5 Å². The summed E-state index contributed by atoms with van der Waals surface area (Å²) in [5.74, 6) is -4.27. The van der Waals surface area contributed by atoms with Gasteiger partial charge in [0.05, 0.1) is 20.9 Å². The number of esters is 2. The molecule has 4 atom stereocenters. The monoisotopic (exact) mass is 706 g/mol. The number of hydrogen-bond donors (Lipinski definition) is 1. The van der Waals surface area contributed by atoms with Crippen LogP contribution in [0, 0.1) is 0 Å². The van der Waals surface area contributed by atoms with Gasteiger partial charge in [-0.2, -0.15) is 0 Å². The molecule has 3 heterocycles. The highest BCUT2D eigenvalue weighted by molar-refractivity contribution is 14.1. The van der Waals surface area contributed by atoms with Crippen molar-refractivity contribution in [3.63, 3.8) is 0 Å². The van der Waals surface area contributed by atoms with Crippen LogP contribution in [0.5, 0.6) is 0 Å². The Balaban J connectivity index is 1.38. The van der Waals surface area contributed by atoms with Crippen LogP contribution in [0.4, 0.5) is 10.2 Å². The molecule has 0 spiro atoms. The van der Waals surface area contributed by atoms with Crippen LogP contribution < -0.4 is 5.32 Å². The summed E-state index contributed by atoms with van der Waals surface area (Å²) >= 11 is 1.79. The van der Waals surface area contributed by atoms with E-state index in [9.17, 15) is 14.4 Å². The van der Waals surface area contributed by atoms with Gasteiger partial charge < -0.3 is 24.1 Å². The first-order chi connectivity index (χ1) is 21.4. The van der Waals surface area contributed by atoms with Gasteiger partial charge in [-0.3, -0.25) is 4.79 Å². The molecule has 1 amide bonds. The number of aromatic nitrogens is 3. The summed E-state index contributed by atoms with van der Waals surface area (Å²) in [6.07, 6.45) is -1.57. The zero-order chi connectivity index (χ0) is 30.7. The third kappa shape index (κ3) is 5.77. The molecule has 2 aromatic heterocycles. The van der Waals surface area contributed by atoms with Gasteiger partial charge in [0.15, 0.2) is 12.3 Å². The van der Waals surface area contributed by atoms with E-state index in [1.807, 2.05) is 0 Å². The molecular weight excluding hydrogens is 682 g/mol. The number of rotatable bonds is 8. The minimum Gasteiger partial charge on any atom is -0.450 e. The summed E-state index contributed by atoms with van der Waals surface area (Å²) in [7, 11) is 0. The van der Waals surface area contributed by atoms with Gasteiger partial charge in [0.2, 0.25) is 6.10 Å². The summed E-state index contributed by atoms with van der Waals surface area (Å²) in [5, 5.41) is 3.20. The number of carbonyl (C=O) groups is 3. The van der Waals surface area contributed by atoms with E-state index in [1.54, 1.807) is 114 Å². The number of nitrogens with zero attached hydrogens (tertiary/aromatic N) is 3. The Labute approximate surface area is 264 Å². The molecule has 0 bridgehead atoms. The zero-order valence-electron chi connectivity index (χ0n) is 22.9. The van der Waals surface area contributed by atoms with Crippen LogP contribution in [0.1, 0.15) is 37.3 Å². The molecule has 1 N–H and O–H groups in total. The maximum atomic E-state index is 16.6. The molecule has 44 heavy (non-hydrogen) atoms. The standard InChI is InChI=1S/C32H24FIN4O6/c33-32(18-34)25(43-31(41)22-14-8-3-9-15-22)24(42-30(40)21-12-6-2-7-13-21)29(44-32)38-17-16-23-26(35-19-36-27(23)38)37-28(39)20-10-4-1-5-11-20/h1-17,19,24-25,29H,18H2,(H,35,36,37,39)/t24-,25+,29-,32-/m1/s1. The SMILES string of the molecule is O=C(Nc1ncnc2c1ccn2[C@@H]1O[C@](F)(CI)[C@@H](OC(=O)c2ccccc2)[C@H]1OC(=O)c1ccccc1)c1ccccc1. The van der Waals surface area contributed by atoms with E-state index in [1.165, 1.54) is 23.0 Å². The number of amides is 1. The van der Waals surface area contributed by atoms with E-state index >= 15 is 4.39 Å². The first kappa shape index (κ1) is 29.4. The van der Waals surface area contributed by atoms with E-state index in [0.29, 0.717) is 10.9 Å². The molecule has 0 aliphatic carbocycles. The number of fused-ring (bicyclic) bond motifs is 1. The largest absolute Gasteiger partial charge is 0.450 e. The maximum absolute atomic E-state index is 16.6. The predicted octanol–water partition coefficient (Wildman–Crippen LogP) is 5.76. The number of hydrogen-bond acceptors (Lipinski definition) is 8. The number of alkyl halides is 2. The van der Waals surface area contributed by atoms with Crippen LogP contribution in [-0.4, -0.2) is 54.9 Å². The van der Waals surface area contributed by atoms with Crippen molar-refractivity contribution in [2.75, 3.05) is 9.74 Å². The third-order valence-corrected chi connectivity index (χ3v) is 8.09. The fourth-order valence-corrected chi connectivity index (χ4v) is 5.51. The predicted molar refractivity (Wildman–Crippen MR) is 166 cm³/mol. The number of halogens is 2. The van der Waals surface area contributed by atoms with Crippen molar-refractivity contribution in [3.05, 3.63) is 126 Å². The molecule has 0 unspecified atom stereocenters. The molecule has 12 heteroatoms. The van der Waals surface area contributed by atoms with Gasteiger partial charge >= 0.3 is 11.9 Å². The van der Waals surface area contributed by atoms with E-state index in [4.69, 9.17) is 14.2 Å². The number of carbonyl (C=O) groups excluding carboxylic acids is 3. The molecule has 1 saturated heterocycles. The van der Waals surface area contributed by atoms with Gasteiger partial charge in [0.25, 0.3) is 11.8 Å². The Morgan fingerprint density at radius 2 is 1.41 bits per heavy atom. The van der Waals surface area contributed by atoms with Crippen molar-refractivity contribution >= 4 is 57.3 Å². The average Bonchev–Trinajstić information content (AvgIpc) is 3.62. The van der Waals surface area contributed by atoms with Crippen LogP contribution in [0.25, 0.3) is 11.0 Å². The smallest absolute Gasteiger partial charge is 0.338 e. The Morgan fingerprint density at radius 3 is 2.00 bits per heavy atom. The number of anilines is 1. The van der Waals surface area contributed by atoms with Crippen LogP contribution >= 0.6 is 22.6 Å². The van der Waals surface area contributed by atoms with Crippen LogP contribution in [-0.2, 0) is 14.2 Å². The molecule has 1 aliphatic rings. The fraction of sp³-hybridized carbons (Fsp3) is 0.156. The molecule has 0 radical (unpaired) electrons. The van der Waals surface area contributed by atoms with E-state index in [2.05, 4.69) is 15.3 Å². The second-order valence-corrected chi connectivity index (χ2v) is 10.6. The minimum absolute atomic E-state index is 0.192. The molecule has 10 nitrogen and oxygen atoms in total. The van der Waals surface area contributed by atoms with Crippen molar-refractivity contribution < 1.29 is 33.0 Å². The summed E-state index contributed by atoms with van der Waals surface area (Å²) in [4.78, 5) is 47.8. The van der Waals surface area contributed by atoms with Crippen molar-refractivity contribution in [2.45, 2.75) is 24.3 Å². The summed E-state index contributed by atoms with van der Waals surface area (Å²) in [5.41, 5.74) is 1.10. The highest BCUT2D eigenvalue weighted by Gasteiger charge is 2.61. The molecular formula is C32H24FIN4O6. The van der Waals surface area contributed by atoms with Crippen LogP contribution in [0.3, 0.4) is 0 Å². The Hall–Kier alpha value is -4.69. The van der Waals surface area contributed by atoms with Crippen LogP contribution in [0.15, 0.2) is 110 Å². The average molecular weight is 706 g/mol.